The second kappa shape index (κ2) is 8.74. The van der Waals surface area contributed by atoms with Crippen molar-refractivity contribution in [1.82, 2.24) is 0 Å². The van der Waals surface area contributed by atoms with Crippen molar-refractivity contribution in [3.05, 3.63) is 94.6 Å². The van der Waals surface area contributed by atoms with Gasteiger partial charge in [-0.05, 0) is 71.1 Å². The smallest absolute Gasteiger partial charge is 0.343 e. The van der Waals surface area contributed by atoms with E-state index in [2.05, 4.69) is 22.2 Å². The molecule has 6 nitrogen and oxygen atoms in total. The van der Waals surface area contributed by atoms with Crippen molar-refractivity contribution in [3.8, 4) is 5.75 Å². The molecule has 0 fully saturated rings. The van der Waals surface area contributed by atoms with Crippen LogP contribution in [0.4, 0.5) is 11.4 Å². The van der Waals surface area contributed by atoms with Crippen molar-refractivity contribution in [3.63, 3.8) is 0 Å². The van der Waals surface area contributed by atoms with Gasteiger partial charge in [0.1, 0.15) is 5.75 Å². The Bertz CT molecular complexity index is 1310. The molecule has 0 aromatic heterocycles. The van der Waals surface area contributed by atoms with E-state index in [9.17, 15) is 9.59 Å². The van der Waals surface area contributed by atoms with Crippen LogP contribution in [0.25, 0.3) is 6.08 Å². The van der Waals surface area contributed by atoms with Crippen LogP contribution < -0.4 is 10.1 Å². The Morgan fingerprint density at radius 3 is 2.67 bits per heavy atom. The molecule has 5 rings (SSSR count). The van der Waals surface area contributed by atoms with Gasteiger partial charge in [0.25, 0.3) is 5.91 Å². The Hall–Kier alpha value is -4.19. The molecule has 0 spiro atoms. The number of benzene rings is 3. The van der Waals surface area contributed by atoms with Crippen LogP contribution in [-0.4, -0.2) is 31.3 Å². The van der Waals surface area contributed by atoms with E-state index in [1.54, 1.807) is 6.07 Å². The molecule has 1 aliphatic heterocycles. The highest BCUT2D eigenvalue weighted by atomic mass is 16.6. The predicted octanol–water partition coefficient (Wildman–Crippen LogP) is 4.74. The highest BCUT2D eigenvalue weighted by Gasteiger charge is 2.18. The van der Waals surface area contributed by atoms with Crippen LogP contribution in [0.1, 0.15) is 32.6 Å². The number of nitrogens with zero attached hydrogens (tertiary/aromatic N) is 1. The number of rotatable bonds is 6. The SMILES string of the molecule is COC(=O)COc1ccc2c(c1)CC(c1ccc(C(=O)Nc3ccc4c(c3)CC=C4)cc1)=N2. The third-order valence-electron chi connectivity index (χ3n) is 5.76. The van der Waals surface area contributed by atoms with Crippen LogP contribution in [-0.2, 0) is 22.4 Å². The first-order valence-electron chi connectivity index (χ1n) is 10.7. The maximum Gasteiger partial charge on any atom is 0.343 e. The largest absolute Gasteiger partial charge is 0.482 e. The number of amides is 1. The third-order valence-corrected chi connectivity index (χ3v) is 5.76. The van der Waals surface area contributed by atoms with E-state index in [4.69, 9.17) is 9.73 Å². The van der Waals surface area contributed by atoms with Gasteiger partial charge in [-0.25, -0.2) is 4.79 Å². The number of methoxy groups -OCH3 is 1. The first-order chi connectivity index (χ1) is 16.1. The summed E-state index contributed by atoms with van der Waals surface area (Å²) in [7, 11) is 1.33. The average Bonchev–Trinajstić information content (AvgIpc) is 3.48. The van der Waals surface area contributed by atoms with Gasteiger partial charge < -0.3 is 14.8 Å². The fourth-order valence-electron chi connectivity index (χ4n) is 3.99. The molecule has 2 aliphatic rings. The summed E-state index contributed by atoms with van der Waals surface area (Å²) < 4.78 is 10.1. The maximum atomic E-state index is 12.7. The van der Waals surface area contributed by atoms with Gasteiger partial charge in [0.2, 0.25) is 0 Å². The topological polar surface area (TPSA) is 77.0 Å². The molecule has 3 aromatic rings. The van der Waals surface area contributed by atoms with E-state index in [0.29, 0.717) is 17.7 Å². The molecule has 0 bridgehead atoms. The van der Waals surface area contributed by atoms with Crippen molar-refractivity contribution >= 4 is 35.0 Å². The molecule has 1 N–H and O–H groups in total. The van der Waals surface area contributed by atoms with Crippen molar-refractivity contribution < 1.29 is 19.1 Å². The summed E-state index contributed by atoms with van der Waals surface area (Å²) in [5.74, 6) is 0.0335. The number of carbonyl (C=O) groups is 2. The number of fused-ring (bicyclic) bond motifs is 2. The minimum absolute atomic E-state index is 0.130. The molecular weight excluding hydrogens is 416 g/mol. The zero-order chi connectivity index (χ0) is 22.8. The quantitative estimate of drug-likeness (QED) is 0.564. The second-order valence-electron chi connectivity index (χ2n) is 7.94. The van der Waals surface area contributed by atoms with Gasteiger partial charge in [-0.3, -0.25) is 9.79 Å². The van der Waals surface area contributed by atoms with Gasteiger partial charge in [0, 0.05) is 17.7 Å². The maximum absolute atomic E-state index is 12.7. The number of carbonyl (C=O) groups excluding carboxylic acids is 2. The molecule has 0 atom stereocenters. The Labute approximate surface area is 191 Å². The lowest BCUT2D eigenvalue weighted by Gasteiger charge is -2.08. The number of allylic oxidation sites excluding steroid dienone is 1. The minimum atomic E-state index is -0.426. The molecule has 1 heterocycles. The zero-order valence-electron chi connectivity index (χ0n) is 18.1. The molecule has 1 amide bonds. The van der Waals surface area contributed by atoms with Crippen molar-refractivity contribution in [2.75, 3.05) is 19.0 Å². The highest BCUT2D eigenvalue weighted by Crippen LogP contribution is 2.32. The molecule has 0 saturated carbocycles. The van der Waals surface area contributed by atoms with E-state index in [1.165, 1.54) is 18.2 Å². The van der Waals surface area contributed by atoms with Crippen LogP contribution in [0.5, 0.6) is 5.75 Å². The van der Waals surface area contributed by atoms with E-state index >= 15 is 0 Å². The van der Waals surface area contributed by atoms with Gasteiger partial charge in [0.05, 0.1) is 18.5 Å². The van der Waals surface area contributed by atoms with Crippen LogP contribution in [0, 0.1) is 0 Å². The van der Waals surface area contributed by atoms with Crippen molar-refractivity contribution in [2.24, 2.45) is 4.99 Å². The van der Waals surface area contributed by atoms with Crippen LogP contribution in [0.15, 0.2) is 71.7 Å². The molecule has 0 radical (unpaired) electrons. The summed E-state index contributed by atoms with van der Waals surface area (Å²) >= 11 is 0. The number of hydrogen-bond acceptors (Lipinski definition) is 5. The fraction of sp³-hybridized carbons (Fsp3) is 0.148. The summed E-state index contributed by atoms with van der Waals surface area (Å²) in [5, 5.41) is 2.98. The Morgan fingerprint density at radius 1 is 1.00 bits per heavy atom. The molecule has 33 heavy (non-hydrogen) atoms. The van der Waals surface area contributed by atoms with E-state index < -0.39 is 5.97 Å². The normalized spacial score (nSPS) is 13.2. The van der Waals surface area contributed by atoms with E-state index in [1.807, 2.05) is 54.6 Å². The summed E-state index contributed by atoms with van der Waals surface area (Å²) in [6.45, 7) is -0.130. The number of hydrogen-bond donors (Lipinski definition) is 1. The summed E-state index contributed by atoms with van der Waals surface area (Å²) in [5.41, 5.74) is 7.61. The molecule has 164 valence electrons. The first kappa shape index (κ1) is 20.7. The monoisotopic (exact) mass is 438 g/mol. The number of anilines is 1. The Morgan fingerprint density at radius 2 is 1.85 bits per heavy atom. The van der Waals surface area contributed by atoms with Gasteiger partial charge in [-0.15, -0.1) is 0 Å². The van der Waals surface area contributed by atoms with Crippen molar-refractivity contribution in [2.45, 2.75) is 12.8 Å². The first-order valence-corrected chi connectivity index (χ1v) is 10.7. The minimum Gasteiger partial charge on any atom is -0.482 e. The number of ether oxygens (including phenoxy) is 2. The van der Waals surface area contributed by atoms with Gasteiger partial charge in [0.15, 0.2) is 6.61 Å². The molecular formula is C27H22N2O4. The molecule has 3 aromatic carbocycles. The molecule has 0 saturated heterocycles. The molecule has 0 unspecified atom stereocenters. The van der Waals surface area contributed by atoms with Gasteiger partial charge in [-0.1, -0.05) is 30.4 Å². The van der Waals surface area contributed by atoms with Gasteiger partial charge >= 0.3 is 5.97 Å². The standard InChI is InChI=1S/C27H22N2O4/c1-32-26(30)16-33-23-11-12-24-21(14-23)15-25(29-24)18-5-7-19(8-6-18)27(31)28-22-10-9-17-3-2-4-20(17)13-22/h2-3,5-14H,4,15-16H2,1H3,(H,28,31). The summed E-state index contributed by atoms with van der Waals surface area (Å²) in [6.07, 6.45) is 5.77. The van der Waals surface area contributed by atoms with Crippen molar-refractivity contribution in [1.29, 1.82) is 0 Å². The van der Waals surface area contributed by atoms with Crippen LogP contribution in [0.3, 0.4) is 0 Å². The molecule has 1 aliphatic carbocycles. The lowest BCUT2D eigenvalue weighted by molar-refractivity contribution is -0.142. The van der Waals surface area contributed by atoms with Gasteiger partial charge in [-0.2, -0.15) is 0 Å². The third kappa shape index (κ3) is 4.41. The zero-order valence-corrected chi connectivity index (χ0v) is 18.1. The predicted molar refractivity (Wildman–Crippen MR) is 127 cm³/mol. The highest BCUT2D eigenvalue weighted by molar-refractivity contribution is 6.08. The lowest BCUT2D eigenvalue weighted by atomic mass is 10.0. The second-order valence-corrected chi connectivity index (χ2v) is 7.94. The number of aliphatic imine (C=N–C) groups is 1. The Kier molecular flexibility index (Phi) is 5.48. The number of esters is 1. The fourth-order valence-corrected chi connectivity index (χ4v) is 3.99. The van der Waals surface area contributed by atoms with Crippen LogP contribution in [0.2, 0.25) is 0 Å². The molecule has 6 heteroatoms. The summed E-state index contributed by atoms with van der Waals surface area (Å²) in [4.78, 5) is 28.7. The van der Waals surface area contributed by atoms with E-state index in [-0.39, 0.29) is 12.5 Å². The average molecular weight is 438 g/mol. The summed E-state index contributed by atoms with van der Waals surface area (Å²) in [6, 6.07) is 19.0. The Balaban J connectivity index is 1.24. The van der Waals surface area contributed by atoms with Crippen LogP contribution >= 0.6 is 0 Å². The van der Waals surface area contributed by atoms with E-state index in [0.717, 1.165) is 34.6 Å². The number of nitrogens with one attached hydrogen (secondary N) is 1. The lowest BCUT2D eigenvalue weighted by Crippen LogP contribution is -2.12.